The molecule has 1 aromatic carbocycles. The molecule has 1 aromatic rings. The fourth-order valence-electron chi connectivity index (χ4n) is 3.80. The van der Waals surface area contributed by atoms with Crippen LogP contribution in [0.2, 0.25) is 0 Å². The summed E-state index contributed by atoms with van der Waals surface area (Å²) < 4.78 is 0. The van der Waals surface area contributed by atoms with Crippen LogP contribution in [0.5, 0.6) is 0 Å². The van der Waals surface area contributed by atoms with Gasteiger partial charge < -0.3 is 5.32 Å². The van der Waals surface area contributed by atoms with Gasteiger partial charge in [0.15, 0.2) is 0 Å². The fraction of sp³-hybridized carbons (Fsp3) is 0.647. The van der Waals surface area contributed by atoms with Gasteiger partial charge in [0.1, 0.15) is 0 Å². The van der Waals surface area contributed by atoms with Crippen LogP contribution in [0.4, 0.5) is 0 Å². The minimum absolute atomic E-state index is 0.465. The zero-order valence-corrected chi connectivity index (χ0v) is 12.2. The lowest BCUT2D eigenvalue weighted by atomic mass is 9.97. The van der Waals surface area contributed by atoms with Crippen molar-refractivity contribution in [1.82, 2.24) is 10.2 Å². The molecule has 0 aliphatic carbocycles. The van der Waals surface area contributed by atoms with Crippen LogP contribution >= 0.6 is 0 Å². The van der Waals surface area contributed by atoms with Crippen molar-refractivity contribution in [2.75, 3.05) is 13.1 Å². The van der Waals surface area contributed by atoms with Gasteiger partial charge in [0.2, 0.25) is 0 Å². The van der Waals surface area contributed by atoms with Gasteiger partial charge in [-0.25, -0.2) is 0 Å². The predicted octanol–water partition coefficient (Wildman–Crippen LogP) is 3.27. The molecular formula is C17H26N2. The number of nitrogens with zero attached hydrogens (tertiary/aromatic N) is 1. The molecule has 3 unspecified atom stereocenters. The van der Waals surface area contributed by atoms with Crippen LogP contribution in [0.1, 0.15) is 49.8 Å². The maximum atomic E-state index is 3.88. The molecule has 0 bridgehead atoms. The summed E-state index contributed by atoms with van der Waals surface area (Å²) in [6, 6.07) is 10.9. The summed E-state index contributed by atoms with van der Waals surface area (Å²) in [6.07, 6.45) is 5.52. The van der Waals surface area contributed by atoms with Gasteiger partial charge in [-0.15, -0.1) is 0 Å². The summed E-state index contributed by atoms with van der Waals surface area (Å²) in [4.78, 5) is 2.70. The third kappa shape index (κ3) is 2.85. The highest BCUT2D eigenvalue weighted by atomic mass is 15.2. The van der Waals surface area contributed by atoms with Gasteiger partial charge in [0.05, 0.1) is 0 Å². The average molecular weight is 258 g/mol. The van der Waals surface area contributed by atoms with Crippen LogP contribution < -0.4 is 5.32 Å². The van der Waals surface area contributed by atoms with E-state index in [1.807, 2.05) is 0 Å². The molecule has 3 atom stereocenters. The van der Waals surface area contributed by atoms with E-state index in [1.165, 1.54) is 49.9 Å². The first-order valence-corrected chi connectivity index (χ1v) is 7.81. The minimum atomic E-state index is 0.465. The van der Waals surface area contributed by atoms with Gasteiger partial charge in [-0.2, -0.15) is 0 Å². The highest BCUT2D eigenvalue weighted by Crippen LogP contribution is 2.28. The van der Waals surface area contributed by atoms with Crippen molar-refractivity contribution < 1.29 is 0 Å². The van der Waals surface area contributed by atoms with E-state index in [0.717, 1.165) is 6.04 Å². The van der Waals surface area contributed by atoms with E-state index in [4.69, 9.17) is 0 Å². The second-order valence-corrected chi connectivity index (χ2v) is 6.30. The number of hydrogen-bond acceptors (Lipinski definition) is 2. The topological polar surface area (TPSA) is 15.3 Å². The Morgan fingerprint density at radius 2 is 2.11 bits per heavy atom. The van der Waals surface area contributed by atoms with E-state index < -0.39 is 0 Å². The normalized spacial score (nSPS) is 29.2. The molecule has 0 aromatic heterocycles. The van der Waals surface area contributed by atoms with Crippen LogP contribution in [0.3, 0.4) is 0 Å². The van der Waals surface area contributed by atoms with Crippen LogP contribution in [-0.4, -0.2) is 30.1 Å². The molecule has 2 heteroatoms. The van der Waals surface area contributed by atoms with Gasteiger partial charge in [-0.3, -0.25) is 4.90 Å². The number of hydrogen-bond donors (Lipinski definition) is 1. The summed E-state index contributed by atoms with van der Waals surface area (Å²) in [5.74, 6) is 0. The van der Waals surface area contributed by atoms with Gasteiger partial charge in [-0.1, -0.05) is 36.2 Å². The van der Waals surface area contributed by atoms with E-state index in [1.54, 1.807) is 0 Å². The maximum absolute atomic E-state index is 3.88. The quantitative estimate of drug-likeness (QED) is 0.895. The molecule has 2 fully saturated rings. The van der Waals surface area contributed by atoms with E-state index >= 15 is 0 Å². The van der Waals surface area contributed by atoms with Crippen LogP contribution in [0, 0.1) is 6.92 Å². The summed E-state index contributed by atoms with van der Waals surface area (Å²) in [5, 5.41) is 3.88. The van der Waals surface area contributed by atoms with Crippen LogP contribution in [0.15, 0.2) is 24.3 Å². The highest BCUT2D eigenvalue weighted by molar-refractivity contribution is 5.24. The molecule has 2 heterocycles. The second-order valence-electron chi connectivity index (χ2n) is 6.30. The Bertz CT molecular complexity index is 429. The molecule has 0 spiro atoms. The first kappa shape index (κ1) is 13.1. The number of nitrogens with one attached hydrogen (secondary N) is 1. The van der Waals surface area contributed by atoms with Crippen LogP contribution in [-0.2, 0) is 0 Å². The number of fused-ring (bicyclic) bond motifs is 1. The van der Waals surface area contributed by atoms with Crippen molar-refractivity contribution >= 4 is 0 Å². The Morgan fingerprint density at radius 3 is 2.95 bits per heavy atom. The van der Waals surface area contributed by atoms with Gasteiger partial charge in [-0.05, 0) is 45.2 Å². The number of aryl methyl sites for hydroxylation is 1. The second kappa shape index (κ2) is 5.64. The third-order valence-electron chi connectivity index (χ3n) is 4.86. The van der Waals surface area contributed by atoms with Crippen molar-refractivity contribution in [2.24, 2.45) is 0 Å². The third-order valence-corrected chi connectivity index (χ3v) is 4.86. The summed E-state index contributed by atoms with van der Waals surface area (Å²) in [7, 11) is 0. The standard InChI is InChI=1S/C17H26N2/c1-13-6-5-7-15(12-13)14(2)18-16-9-11-19-10-4-3-8-17(16)19/h5-7,12,14,16-18H,3-4,8-11H2,1-2H3. The molecule has 1 N–H and O–H groups in total. The SMILES string of the molecule is Cc1cccc(C(C)NC2CCN3CCCCC23)c1. The number of rotatable bonds is 3. The summed E-state index contributed by atoms with van der Waals surface area (Å²) >= 11 is 0. The van der Waals surface area contributed by atoms with Crippen molar-refractivity contribution in [3.63, 3.8) is 0 Å². The van der Waals surface area contributed by atoms with Crippen molar-refractivity contribution in [2.45, 2.75) is 57.7 Å². The summed E-state index contributed by atoms with van der Waals surface area (Å²) in [5.41, 5.74) is 2.78. The molecular weight excluding hydrogens is 232 g/mol. The molecule has 0 radical (unpaired) electrons. The molecule has 2 aliphatic rings. The van der Waals surface area contributed by atoms with Crippen molar-refractivity contribution in [3.8, 4) is 0 Å². The Labute approximate surface area is 117 Å². The minimum Gasteiger partial charge on any atom is -0.306 e. The average Bonchev–Trinajstić information content (AvgIpc) is 2.82. The van der Waals surface area contributed by atoms with E-state index in [2.05, 4.69) is 48.3 Å². The largest absolute Gasteiger partial charge is 0.306 e. The Morgan fingerprint density at radius 1 is 1.21 bits per heavy atom. The lowest BCUT2D eigenvalue weighted by molar-refractivity contribution is 0.177. The van der Waals surface area contributed by atoms with E-state index in [-0.39, 0.29) is 0 Å². The number of piperidine rings is 1. The Hall–Kier alpha value is -0.860. The van der Waals surface area contributed by atoms with Gasteiger partial charge >= 0.3 is 0 Å². The summed E-state index contributed by atoms with van der Waals surface area (Å²) in [6.45, 7) is 7.10. The predicted molar refractivity (Wildman–Crippen MR) is 80.3 cm³/mol. The first-order valence-electron chi connectivity index (χ1n) is 7.81. The molecule has 0 amide bonds. The lowest BCUT2D eigenvalue weighted by Crippen LogP contribution is -2.45. The first-order chi connectivity index (χ1) is 9.24. The van der Waals surface area contributed by atoms with Gasteiger partial charge in [0, 0.05) is 24.7 Å². The van der Waals surface area contributed by atoms with Gasteiger partial charge in [0.25, 0.3) is 0 Å². The monoisotopic (exact) mass is 258 g/mol. The number of benzene rings is 1. The zero-order chi connectivity index (χ0) is 13.2. The molecule has 0 saturated carbocycles. The van der Waals surface area contributed by atoms with Crippen molar-refractivity contribution in [3.05, 3.63) is 35.4 Å². The fourth-order valence-corrected chi connectivity index (χ4v) is 3.80. The molecule has 19 heavy (non-hydrogen) atoms. The molecule has 104 valence electrons. The maximum Gasteiger partial charge on any atom is 0.0295 e. The Balaban J connectivity index is 1.65. The van der Waals surface area contributed by atoms with Crippen molar-refractivity contribution in [1.29, 1.82) is 0 Å². The molecule has 2 nitrogen and oxygen atoms in total. The van der Waals surface area contributed by atoms with E-state index in [9.17, 15) is 0 Å². The zero-order valence-electron chi connectivity index (χ0n) is 12.2. The molecule has 2 saturated heterocycles. The highest BCUT2D eigenvalue weighted by Gasteiger charge is 2.35. The molecule has 2 aliphatic heterocycles. The molecule has 3 rings (SSSR count). The smallest absolute Gasteiger partial charge is 0.0295 e. The lowest BCUT2D eigenvalue weighted by Gasteiger charge is -2.34. The van der Waals surface area contributed by atoms with Crippen LogP contribution in [0.25, 0.3) is 0 Å². The Kier molecular flexibility index (Phi) is 3.90. The van der Waals surface area contributed by atoms with E-state index in [0.29, 0.717) is 12.1 Å².